The minimum Gasteiger partial charge on any atom is -0.494 e. The van der Waals surface area contributed by atoms with Crippen molar-refractivity contribution >= 4 is 17.0 Å². The number of aromatic nitrogens is 3. The first-order chi connectivity index (χ1) is 14.9. The summed E-state index contributed by atoms with van der Waals surface area (Å²) < 4.78 is 13.2. The van der Waals surface area contributed by atoms with Gasteiger partial charge in [0.25, 0.3) is 0 Å². The Balaban J connectivity index is 1.59. The topological polar surface area (TPSA) is 69.1 Å². The van der Waals surface area contributed by atoms with Crippen molar-refractivity contribution in [2.24, 2.45) is 0 Å². The van der Waals surface area contributed by atoms with E-state index in [1.54, 1.807) is 10.8 Å². The minimum atomic E-state index is -0.572. The first-order valence-corrected chi connectivity index (χ1v) is 10.5. The Morgan fingerprint density at radius 3 is 2.58 bits per heavy atom. The molecule has 0 spiro atoms. The number of carbonyl (C=O) groups is 1. The first-order valence-electron chi connectivity index (χ1n) is 10.5. The highest BCUT2D eigenvalue weighted by atomic mass is 16.6. The van der Waals surface area contributed by atoms with Crippen LogP contribution in [0, 0.1) is 0 Å². The van der Waals surface area contributed by atoms with Gasteiger partial charge in [0.2, 0.25) is 0 Å². The number of fused-ring (bicyclic) bond motifs is 1. The Hall–Kier alpha value is -3.54. The van der Waals surface area contributed by atoms with E-state index in [4.69, 9.17) is 9.47 Å². The van der Waals surface area contributed by atoms with Gasteiger partial charge >= 0.3 is 6.09 Å². The lowest BCUT2D eigenvalue weighted by molar-refractivity contribution is 0.0540. The zero-order valence-electron chi connectivity index (χ0n) is 18.1. The van der Waals surface area contributed by atoms with Gasteiger partial charge in [0.1, 0.15) is 11.4 Å². The molecule has 0 bridgehead atoms. The molecule has 2 aromatic carbocycles. The highest BCUT2D eigenvalue weighted by molar-refractivity contribution is 5.93. The number of H-pyrrole nitrogens is 1. The van der Waals surface area contributed by atoms with Gasteiger partial charge in [-0.2, -0.15) is 5.10 Å². The van der Waals surface area contributed by atoms with Crippen molar-refractivity contribution in [2.75, 3.05) is 6.61 Å². The van der Waals surface area contributed by atoms with E-state index in [-0.39, 0.29) is 6.09 Å². The summed E-state index contributed by atoms with van der Waals surface area (Å²) in [5, 5.41) is 8.00. The number of aryl methyl sites for hydroxylation is 1. The van der Waals surface area contributed by atoms with Gasteiger partial charge in [0, 0.05) is 22.8 Å². The molecule has 0 amide bonds. The predicted molar refractivity (Wildman–Crippen MR) is 121 cm³/mol. The van der Waals surface area contributed by atoms with Gasteiger partial charge in [-0.15, -0.1) is 0 Å². The fourth-order valence-corrected chi connectivity index (χ4v) is 3.52. The SMILES string of the molecule is CC(C)(C)OC(=O)n1c(CCCOc2ccccc2)cc2cc(-c3ccn[nH]3)ccc21. The molecule has 4 rings (SSSR count). The van der Waals surface area contributed by atoms with E-state index in [1.807, 2.05) is 69.3 Å². The van der Waals surface area contributed by atoms with Crippen LogP contribution < -0.4 is 4.74 Å². The van der Waals surface area contributed by atoms with E-state index in [2.05, 4.69) is 22.3 Å². The van der Waals surface area contributed by atoms with Crippen molar-refractivity contribution in [3.8, 4) is 17.0 Å². The number of hydrogen-bond donors (Lipinski definition) is 1. The molecule has 0 aliphatic heterocycles. The summed E-state index contributed by atoms with van der Waals surface area (Å²) in [7, 11) is 0. The van der Waals surface area contributed by atoms with Gasteiger partial charge in [0.05, 0.1) is 17.8 Å². The Morgan fingerprint density at radius 2 is 1.87 bits per heavy atom. The van der Waals surface area contributed by atoms with Crippen molar-refractivity contribution in [3.05, 3.63) is 72.6 Å². The van der Waals surface area contributed by atoms with E-state index in [0.717, 1.165) is 40.0 Å². The molecule has 31 heavy (non-hydrogen) atoms. The summed E-state index contributed by atoms with van der Waals surface area (Å²) in [6.07, 6.45) is 2.83. The third-order valence-electron chi connectivity index (χ3n) is 4.85. The van der Waals surface area contributed by atoms with Crippen LogP contribution in [0.4, 0.5) is 4.79 Å². The Morgan fingerprint density at radius 1 is 1.06 bits per heavy atom. The number of nitrogens with zero attached hydrogens (tertiary/aromatic N) is 2. The van der Waals surface area contributed by atoms with Crippen LogP contribution >= 0.6 is 0 Å². The Kier molecular flexibility index (Phi) is 5.80. The van der Waals surface area contributed by atoms with Crippen LogP contribution in [0.5, 0.6) is 5.75 Å². The maximum Gasteiger partial charge on any atom is 0.419 e. The number of ether oxygens (including phenoxy) is 2. The van der Waals surface area contributed by atoms with Crippen LogP contribution in [-0.4, -0.2) is 33.1 Å². The largest absolute Gasteiger partial charge is 0.494 e. The van der Waals surface area contributed by atoms with Gasteiger partial charge in [-0.3, -0.25) is 5.10 Å². The number of hydrogen-bond acceptors (Lipinski definition) is 4. The maximum atomic E-state index is 13.0. The van der Waals surface area contributed by atoms with Gasteiger partial charge in [-0.1, -0.05) is 24.3 Å². The number of carbonyl (C=O) groups excluding carboxylic acids is 1. The van der Waals surface area contributed by atoms with Gasteiger partial charge < -0.3 is 9.47 Å². The van der Waals surface area contributed by atoms with Crippen molar-refractivity contribution < 1.29 is 14.3 Å². The van der Waals surface area contributed by atoms with E-state index in [9.17, 15) is 4.79 Å². The maximum absolute atomic E-state index is 13.0. The fourth-order valence-electron chi connectivity index (χ4n) is 3.52. The van der Waals surface area contributed by atoms with E-state index in [0.29, 0.717) is 13.0 Å². The lowest BCUT2D eigenvalue weighted by Gasteiger charge is -2.21. The van der Waals surface area contributed by atoms with Gasteiger partial charge in [-0.25, -0.2) is 9.36 Å². The monoisotopic (exact) mass is 417 g/mol. The summed E-state index contributed by atoms with van der Waals surface area (Å²) in [6.45, 7) is 6.19. The lowest BCUT2D eigenvalue weighted by atomic mass is 10.1. The lowest BCUT2D eigenvalue weighted by Crippen LogP contribution is -2.28. The Labute approximate surface area is 181 Å². The van der Waals surface area contributed by atoms with Crippen molar-refractivity contribution in [2.45, 2.75) is 39.2 Å². The molecular formula is C25H27N3O3. The van der Waals surface area contributed by atoms with Crippen LogP contribution in [0.15, 0.2) is 66.9 Å². The van der Waals surface area contributed by atoms with E-state index in [1.165, 1.54) is 0 Å². The number of nitrogens with one attached hydrogen (secondary N) is 1. The third kappa shape index (κ3) is 4.97. The van der Waals surface area contributed by atoms with Crippen molar-refractivity contribution in [3.63, 3.8) is 0 Å². The predicted octanol–water partition coefficient (Wildman–Crippen LogP) is 5.83. The zero-order chi connectivity index (χ0) is 21.8. The summed E-state index contributed by atoms with van der Waals surface area (Å²) in [6, 6.07) is 19.7. The molecule has 0 radical (unpaired) electrons. The molecule has 4 aromatic rings. The van der Waals surface area contributed by atoms with Crippen LogP contribution in [-0.2, 0) is 11.2 Å². The average molecular weight is 418 g/mol. The number of benzene rings is 2. The summed E-state index contributed by atoms with van der Waals surface area (Å²) in [5.74, 6) is 0.847. The molecule has 0 saturated carbocycles. The molecule has 2 aromatic heterocycles. The van der Waals surface area contributed by atoms with Crippen LogP contribution in [0.3, 0.4) is 0 Å². The highest BCUT2D eigenvalue weighted by Gasteiger charge is 2.22. The normalized spacial score (nSPS) is 11.6. The molecule has 2 heterocycles. The molecule has 0 atom stereocenters. The molecule has 0 unspecified atom stereocenters. The average Bonchev–Trinajstić information content (AvgIpc) is 3.38. The van der Waals surface area contributed by atoms with E-state index >= 15 is 0 Å². The molecule has 6 nitrogen and oxygen atoms in total. The molecular weight excluding hydrogens is 390 g/mol. The second-order valence-electron chi connectivity index (χ2n) is 8.46. The first kappa shape index (κ1) is 20.7. The Bertz CT molecular complexity index is 1160. The third-order valence-corrected chi connectivity index (χ3v) is 4.85. The van der Waals surface area contributed by atoms with Crippen molar-refractivity contribution in [1.29, 1.82) is 0 Å². The molecule has 1 N–H and O–H groups in total. The molecule has 0 fully saturated rings. The van der Waals surface area contributed by atoms with Crippen molar-refractivity contribution in [1.82, 2.24) is 14.8 Å². The number of aromatic amines is 1. The highest BCUT2D eigenvalue weighted by Crippen LogP contribution is 2.27. The standard InChI is InChI=1S/C25H27N3O3/c1-25(2,3)31-24(29)28-20(8-7-15-30-21-9-5-4-6-10-21)17-19-16-18(11-12-23(19)28)22-13-14-26-27-22/h4-6,9-14,16-17H,7-8,15H2,1-3H3,(H,26,27). The van der Waals surface area contributed by atoms with E-state index < -0.39 is 5.60 Å². The smallest absolute Gasteiger partial charge is 0.419 e. The summed E-state index contributed by atoms with van der Waals surface area (Å²) >= 11 is 0. The molecule has 6 heteroatoms. The number of para-hydroxylation sites is 1. The quantitative estimate of drug-likeness (QED) is 0.401. The van der Waals surface area contributed by atoms with Gasteiger partial charge in [-0.05, 0) is 70.0 Å². The van der Waals surface area contributed by atoms with Crippen LogP contribution in [0.1, 0.15) is 32.9 Å². The fraction of sp³-hybridized carbons (Fsp3) is 0.280. The van der Waals surface area contributed by atoms with Crippen LogP contribution in [0.25, 0.3) is 22.2 Å². The second kappa shape index (κ2) is 8.68. The molecule has 0 aliphatic carbocycles. The molecule has 0 saturated heterocycles. The number of rotatable bonds is 6. The second-order valence-corrected chi connectivity index (χ2v) is 8.46. The summed E-state index contributed by atoms with van der Waals surface area (Å²) in [4.78, 5) is 13.0. The zero-order valence-corrected chi connectivity index (χ0v) is 18.1. The summed E-state index contributed by atoms with van der Waals surface area (Å²) in [5.41, 5.74) is 3.12. The molecule has 160 valence electrons. The van der Waals surface area contributed by atoms with Crippen LogP contribution in [0.2, 0.25) is 0 Å². The van der Waals surface area contributed by atoms with Gasteiger partial charge in [0.15, 0.2) is 0 Å². The minimum absolute atomic E-state index is 0.365. The molecule has 0 aliphatic rings.